The lowest BCUT2D eigenvalue weighted by Crippen LogP contribution is -2.34. The highest BCUT2D eigenvalue weighted by Gasteiger charge is 2.18. The van der Waals surface area contributed by atoms with Crippen molar-refractivity contribution in [1.82, 2.24) is 24.7 Å². The summed E-state index contributed by atoms with van der Waals surface area (Å²) in [4.78, 5) is 12.3. The highest BCUT2D eigenvalue weighted by molar-refractivity contribution is 6.28. The van der Waals surface area contributed by atoms with Crippen LogP contribution in [0.4, 0.5) is 5.95 Å². The summed E-state index contributed by atoms with van der Waals surface area (Å²) in [5.74, 6) is 0.759. The van der Waals surface area contributed by atoms with Gasteiger partial charge in [-0.25, -0.2) is 4.68 Å². The second-order valence-corrected chi connectivity index (χ2v) is 5.06. The monoisotopic (exact) mass is 296 g/mol. The van der Waals surface area contributed by atoms with Crippen molar-refractivity contribution in [3.63, 3.8) is 0 Å². The van der Waals surface area contributed by atoms with Crippen molar-refractivity contribution < 1.29 is 4.74 Å². The van der Waals surface area contributed by atoms with Gasteiger partial charge in [0.25, 0.3) is 5.95 Å². The van der Waals surface area contributed by atoms with Gasteiger partial charge >= 0.3 is 0 Å². The Hall–Kier alpha value is -1.73. The molecule has 0 aromatic carbocycles. The van der Waals surface area contributed by atoms with Gasteiger partial charge in [0, 0.05) is 25.5 Å². The summed E-state index contributed by atoms with van der Waals surface area (Å²) in [5, 5.41) is 7.27. The highest BCUT2D eigenvalue weighted by Crippen LogP contribution is 2.12. The lowest BCUT2D eigenvalue weighted by Gasteiger charge is -2.24. The Balaban J connectivity index is 2.13. The molecule has 7 nitrogen and oxygen atoms in total. The zero-order valence-electron chi connectivity index (χ0n) is 11.7. The number of aromatic nitrogens is 5. The fraction of sp³-hybridized carbons (Fsp3) is 0.500. The standard InChI is InChI=1S/C12H17ClN6O/c1-4-20-12(2,3)8-14-10-16-9(13)17-11(18-10)19-7-5-6-15-19/h5-7H,4,8H2,1-3H3,(H,14,16,17,18). The third-order valence-corrected chi connectivity index (χ3v) is 2.68. The Kier molecular flexibility index (Phi) is 4.51. The van der Waals surface area contributed by atoms with E-state index in [2.05, 4.69) is 25.4 Å². The highest BCUT2D eigenvalue weighted by atomic mass is 35.5. The molecule has 20 heavy (non-hydrogen) atoms. The first-order chi connectivity index (χ1) is 9.50. The van der Waals surface area contributed by atoms with E-state index in [1.165, 1.54) is 4.68 Å². The van der Waals surface area contributed by atoms with Gasteiger partial charge in [-0.2, -0.15) is 20.1 Å². The number of anilines is 1. The molecule has 0 fully saturated rings. The lowest BCUT2D eigenvalue weighted by atomic mass is 10.1. The minimum atomic E-state index is -0.320. The molecule has 0 aliphatic carbocycles. The van der Waals surface area contributed by atoms with Crippen LogP contribution in [0.1, 0.15) is 20.8 Å². The van der Waals surface area contributed by atoms with Crippen molar-refractivity contribution in [2.45, 2.75) is 26.4 Å². The molecule has 0 unspecified atom stereocenters. The summed E-state index contributed by atoms with van der Waals surface area (Å²) in [6.07, 6.45) is 3.38. The Morgan fingerprint density at radius 2 is 2.15 bits per heavy atom. The molecule has 2 aromatic rings. The van der Waals surface area contributed by atoms with E-state index in [0.29, 0.717) is 25.0 Å². The van der Waals surface area contributed by atoms with E-state index in [-0.39, 0.29) is 10.9 Å². The van der Waals surface area contributed by atoms with Gasteiger partial charge in [-0.05, 0) is 38.4 Å². The summed E-state index contributed by atoms with van der Waals surface area (Å²) in [6, 6.07) is 1.78. The quantitative estimate of drug-likeness (QED) is 0.878. The molecule has 0 saturated carbocycles. The normalized spacial score (nSPS) is 11.6. The average Bonchev–Trinajstić information content (AvgIpc) is 2.90. The zero-order chi connectivity index (χ0) is 14.6. The Morgan fingerprint density at radius 3 is 2.80 bits per heavy atom. The maximum absolute atomic E-state index is 5.90. The number of halogens is 1. The molecule has 0 spiro atoms. The minimum absolute atomic E-state index is 0.113. The van der Waals surface area contributed by atoms with Crippen LogP contribution in [0.5, 0.6) is 0 Å². The molecule has 2 aromatic heterocycles. The summed E-state index contributed by atoms with van der Waals surface area (Å²) < 4.78 is 7.12. The number of hydrogen-bond acceptors (Lipinski definition) is 6. The largest absolute Gasteiger partial charge is 0.374 e. The molecule has 0 bridgehead atoms. The van der Waals surface area contributed by atoms with Gasteiger partial charge in [-0.1, -0.05) is 0 Å². The van der Waals surface area contributed by atoms with E-state index in [9.17, 15) is 0 Å². The molecule has 0 aliphatic rings. The van der Waals surface area contributed by atoms with Gasteiger partial charge in [0.15, 0.2) is 0 Å². The van der Waals surface area contributed by atoms with Gasteiger partial charge in [0.1, 0.15) is 0 Å². The van der Waals surface area contributed by atoms with E-state index >= 15 is 0 Å². The van der Waals surface area contributed by atoms with Gasteiger partial charge in [-0.15, -0.1) is 0 Å². The predicted molar refractivity (Wildman–Crippen MR) is 76.2 cm³/mol. The molecule has 0 amide bonds. The summed E-state index contributed by atoms with van der Waals surface area (Å²) in [7, 11) is 0. The molecule has 0 radical (unpaired) electrons. The van der Waals surface area contributed by atoms with Crippen molar-refractivity contribution in [2.75, 3.05) is 18.5 Å². The Bertz CT molecular complexity index is 557. The molecule has 2 rings (SSSR count). The first kappa shape index (κ1) is 14.7. The minimum Gasteiger partial charge on any atom is -0.374 e. The van der Waals surface area contributed by atoms with Crippen LogP contribution in [0.2, 0.25) is 5.28 Å². The van der Waals surface area contributed by atoms with E-state index in [4.69, 9.17) is 16.3 Å². The molecule has 0 atom stereocenters. The number of rotatable bonds is 6. The van der Waals surface area contributed by atoms with E-state index in [1.54, 1.807) is 18.5 Å². The smallest absolute Gasteiger partial charge is 0.256 e. The molecule has 2 heterocycles. The van der Waals surface area contributed by atoms with Crippen LogP contribution in [0.25, 0.3) is 5.95 Å². The van der Waals surface area contributed by atoms with Crippen LogP contribution in [0.15, 0.2) is 18.5 Å². The first-order valence-electron chi connectivity index (χ1n) is 6.29. The second-order valence-electron chi connectivity index (χ2n) is 4.72. The first-order valence-corrected chi connectivity index (χ1v) is 6.67. The lowest BCUT2D eigenvalue weighted by molar-refractivity contribution is 0.000577. The average molecular weight is 297 g/mol. The summed E-state index contributed by atoms with van der Waals surface area (Å²) >= 11 is 5.90. The van der Waals surface area contributed by atoms with Crippen LogP contribution in [0, 0.1) is 0 Å². The van der Waals surface area contributed by atoms with Crippen LogP contribution in [0.3, 0.4) is 0 Å². The molecular weight excluding hydrogens is 280 g/mol. The van der Waals surface area contributed by atoms with Crippen LogP contribution in [-0.4, -0.2) is 43.5 Å². The summed E-state index contributed by atoms with van der Waals surface area (Å²) in [6.45, 7) is 7.13. The summed E-state index contributed by atoms with van der Waals surface area (Å²) in [5.41, 5.74) is -0.320. The van der Waals surface area contributed by atoms with Crippen LogP contribution in [-0.2, 0) is 4.74 Å². The van der Waals surface area contributed by atoms with Crippen molar-refractivity contribution >= 4 is 17.5 Å². The molecule has 0 saturated heterocycles. The van der Waals surface area contributed by atoms with E-state index < -0.39 is 0 Å². The third kappa shape index (κ3) is 3.88. The van der Waals surface area contributed by atoms with Crippen LogP contribution >= 0.6 is 11.6 Å². The van der Waals surface area contributed by atoms with Gasteiger partial charge in [0.2, 0.25) is 11.2 Å². The number of nitrogens with one attached hydrogen (secondary N) is 1. The molecule has 108 valence electrons. The molecular formula is C12H17ClN6O. The maximum atomic E-state index is 5.90. The second kappa shape index (κ2) is 6.15. The van der Waals surface area contributed by atoms with E-state index in [1.807, 2.05) is 20.8 Å². The van der Waals surface area contributed by atoms with Crippen molar-refractivity contribution in [3.05, 3.63) is 23.7 Å². The molecule has 1 N–H and O–H groups in total. The Labute approximate surface area is 122 Å². The fourth-order valence-electron chi connectivity index (χ4n) is 1.64. The van der Waals surface area contributed by atoms with Gasteiger partial charge in [-0.3, -0.25) is 0 Å². The molecule has 0 aliphatic heterocycles. The van der Waals surface area contributed by atoms with E-state index in [0.717, 1.165) is 0 Å². The predicted octanol–water partition coefficient (Wildman–Crippen LogP) is 1.94. The molecule has 8 heteroatoms. The number of ether oxygens (including phenoxy) is 1. The topological polar surface area (TPSA) is 77.8 Å². The van der Waals surface area contributed by atoms with Gasteiger partial charge in [0.05, 0.1) is 5.60 Å². The third-order valence-electron chi connectivity index (χ3n) is 2.51. The zero-order valence-corrected chi connectivity index (χ0v) is 12.4. The van der Waals surface area contributed by atoms with Gasteiger partial charge < -0.3 is 10.1 Å². The number of hydrogen-bond donors (Lipinski definition) is 1. The Morgan fingerprint density at radius 1 is 1.35 bits per heavy atom. The SMILES string of the molecule is CCOC(C)(C)CNc1nc(Cl)nc(-n2cccn2)n1. The van der Waals surface area contributed by atoms with Crippen molar-refractivity contribution in [3.8, 4) is 5.95 Å². The number of nitrogens with zero attached hydrogens (tertiary/aromatic N) is 5. The fourth-order valence-corrected chi connectivity index (χ4v) is 1.80. The maximum Gasteiger partial charge on any atom is 0.256 e. The van der Waals surface area contributed by atoms with Crippen molar-refractivity contribution in [1.29, 1.82) is 0 Å². The van der Waals surface area contributed by atoms with Crippen LogP contribution < -0.4 is 5.32 Å². The van der Waals surface area contributed by atoms with Crippen molar-refractivity contribution in [2.24, 2.45) is 0 Å².